The summed E-state index contributed by atoms with van der Waals surface area (Å²) in [4.78, 5) is 38.2. The number of hydrogen-bond acceptors (Lipinski definition) is 6. The summed E-state index contributed by atoms with van der Waals surface area (Å²) in [6.07, 6.45) is 74.3. The van der Waals surface area contributed by atoms with Gasteiger partial charge in [0.25, 0.3) is 0 Å². The Hall–Kier alpha value is -3.41. The van der Waals surface area contributed by atoms with Crippen LogP contribution in [0.5, 0.6) is 0 Å². The summed E-state index contributed by atoms with van der Waals surface area (Å²) in [5, 5.41) is 0. The van der Waals surface area contributed by atoms with Gasteiger partial charge in [-0.1, -0.05) is 228 Å². The van der Waals surface area contributed by atoms with Crippen LogP contribution in [0.3, 0.4) is 0 Å². The van der Waals surface area contributed by atoms with Gasteiger partial charge in [-0.2, -0.15) is 0 Å². The van der Waals surface area contributed by atoms with Crippen molar-refractivity contribution in [3.8, 4) is 0 Å². The van der Waals surface area contributed by atoms with Crippen LogP contribution < -0.4 is 0 Å². The van der Waals surface area contributed by atoms with E-state index in [9.17, 15) is 14.4 Å². The molecule has 6 heteroatoms. The fourth-order valence-electron chi connectivity index (χ4n) is 7.99. The van der Waals surface area contributed by atoms with E-state index in [4.69, 9.17) is 14.2 Å². The van der Waals surface area contributed by atoms with Crippen LogP contribution in [0.4, 0.5) is 0 Å². The minimum absolute atomic E-state index is 0.0928. The van der Waals surface area contributed by atoms with Gasteiger partial charge in [-0.15, -0.1) is 0 Å². The Morgan fingerprint density at radius 1 is 0.304 bits per heavy atom. The van der Waals surface area contributed by atoms with Crippen molar-refractivity contribution in [3.05, 3.63) is 85.1 Å². The maximum atomic E-state index is 12.9. The minimum atomic E-state index is -0.797. The molecular weight excluding hydrogens is 853 g/mol. The van der Waals surface area contributed by atoms with Gasteiger partial charge >= 0.3 is 17.9 Å². The van der Waals surface area contributed by atoms with Crippen LogP contribution in [0, 0.1) is 0 Å². The Kier molecular flexibility index (Phi) is 54.3. The maximum Gasteiger partial charge on any atom is 0.306 e. The third-order valence-corrected chi connectivity index (χ3v) is 12.4. The summed E-state index contributed by atoms with van der Waals surface area (Å²) >= 11 is 0. The molecule has 0 saturated carbocycles. The third-order valence-electron chi connectivity index (χ3n) is 12.4. The molecule has 0 amide bonds. The van der Waals surface area contributed by atoms with Gasteiger partial charge in [0.05, 0.1) is 0 Å². The standard InChI is InChI=1S/C63H108O6/c1-4-7-10-13-16-19-22-25-28-30-31-33-35-38-41-44-47-50-53-56-62(65)68-59-60(58-67-61(64)55-52-49-46-43-40-37-34-27-24-21-18-15-12-9-6-3)69-63(66)57-54-51-48-45-42-39-36-32-29-26-23-20-17-14-11-8-5-2/h7,10,16,19,25-29,31,33-34,38,41,60H,4-6,8-9,11-15,17-18,20-24,30,32,35-37,39-40,42-59H2,1-3H3/b10-7-,19-16-,28-25-,29-26-,33-31-,34-27-,41-38-/t60-/m0/s1. The van der Waals surface area contributed by atoms with Crippen molar-refractivity contribution in [2.75, 3.05) is 13.2 Å². The number of unbranched alkanes of at least 4 members (excludes halogenated alkanes) is 27. The summed E-state index contributed by atoms with van der Waals surface area (Å²) in [6.45, 7) is 6.49. The fourth-order valence-corrected chi connectivity index (χ4v) is 7.99. The maximum absolute atomic E-state index is 12.9. The first kappa shape index (κ1) is 65.6. The second-order valence-electron chi connectivity index (χ2n) is 19.2. The van der Waals surface area contributed by atoms with Crippen molar-refractivity contribution in [1.82, 2.24) is 0 Å². The normalized spacial score (nSPS) is 12.7. The van der Waals surface area contributed by atoms with Gasteiger partial charge in [0.15, 0.2) is 6.10 Å². The van der Waals surface area contributed by atoms with E-state index in [1.165, 1.54) is 135 Å². The van der Waals surface area contributed by atoms with Crippen molar-refractivity contribution in [1.29, 1.82) is 0 Å². The molecule has 396 valence electrons. The largest absolute Gasteiger partial charge is 0.462 e. The van der Waals surface area contributed by atoms with Gasteiger partial charge in [-0.25, -0.2) is 0 Å². The molecule has 69 heavy (non-hydrogen) atoms. The predicted octanol–water partition coefficient (Wildman–Crippen LogP) is 19.5. The van der Waals surface area contributed by atoms with Crippen LogP contribution in [0.1, 0.15) is 278 Å². The summed E-state index contributed by atoms with van der Waals surface area (Å²) in [5.41, 5.74) is 0. The van der Waals surface area contributed by atoms with Crippen molar-refractivity contribution in [2.24, 2.45) is 0 Å². The molecule has 0 N–H and O–H groups in total. The average Bonchev–Trinajstić information content (AvgIpc) is 3.35. The molecule has 0 heterocycles. The molecule has 0 aromatic carbocycles. The molecule has 0 fully saturated rings. The smallest absolute Gasteiger partial charge is 0.306 e. The quantitative estimate of drug-likeness (QED) is 0.0262. The second kappa shape index (κ2) is 57.2. The molecular formula is C63H108O6. The molecule has 0 aliphatic carbocycles. The lowest BCUT2D eigenvalue weighted by atomic mass is 10.1. The molecule has 0 bridgehead atoms. The van der Waals surface area contributed by atoms with E-state index in [1.54, 1.807) is 0 Å². The van der Waals surface area contributed by atoms with Crippen LogP contribution in [0.2, 0.25) is 0 Å². The molecule has 0 unspecified atom stereocenters. The Morgan fingerprint density at radius 2 is 0.565 bits per heavy atom. The Morgan fingerprint density at radius 3 is 0.913 bits per heavy atom. The highest BCUT2D eigenvalue weighted by atomic mass is 16.6. The SMILES string of the molecule is CC/C=C\C/C=C\C/C=C\C/C=C\C/C=C\CCCCCC(=O)OC[C@H](COC(=O)CCCCCCC/C=C\CCCCCCCC)OC(=O)CCCCCCCCC/C=C\CCCCCCCC. The second-order valence-corrected chi connectivity index (χ2v) is 19.2. The van der Waals surface area contributed by atoms with Gasteiger partial charge in [-0.3, -0.25) is 14.4 Å². The molecule has 0 saturated heterocycles. The van der Waals surface area contributed by atoms with Crippen LogP contribution in [0.15, 0.2) is 85.1 Å². The fraction of sp³-hybridized carbons (Fsp3) is 0.730. The van der Waals surface area contributed by atoms with E-state index in [0.29, 0.717) is 19.3 Å². The van der Waals surface area contributed by atoms with Gasteiger partial charge in [-0.05, 0) is 116 Å². The van der Waals surface area contributed by atoms with Gasteiger partial charge in [0, 0.05) is 19.3 Å². The lowest BCUT2D eigenvalue weighted by Crippen LogP contribution is -2.30. The van der Waals surface area contributed by atoms with E-state index >= 15 is 0 Å². The number of allylic oxidation sites excluding steroid dienone is 14. The average molecular weight is 962 g/mol. The van der Waals surface area contributed by atoms with Crippen LogP contribution in [-0.4, -0.2) is 37.2 Å². The first-order valence-electron chi connectivity index (χ1n) is 29.1. The van der Waals surface area contributed by atoms with Gasteiger partial charge in [0.2, 0.25) is 0 Å². The van der Waals surface area contributed by atoms with Crippen molar-refractivity contribution < 1.29 is 28.6 Å². The number of esters is 3. The number of rotatable bonds is 52. The molecule has 0 radical (unpaired) electrons. The van der Waals surface area contributed by atoms with Gasteiger partial charge < -0.3 is 14.2 Å². The molecule has 1 atom stereocenters. The molecule has 0 spiro atoms. The lowest BCUT2D eigenvalue weighted by Gasteiger charge is -2.18. The zero-order valence-electron chi connectivity index (χ0n) is 45.3. The van der Waals surface area contributed by atoms with E-state index in [0.717, 1.165) is 103 Å². The monoisotopic (exact) mass is 961 g/mol. The Balaban J connectivity index is 4.46. The van der Waals surface area contributed by atoms with E-state index < -0.39 is 6.10 Å². The van der Waals surface area contributed by atoms with Crippen molar-refractivity contribution in [3.63, 3.8) is 0 Å². The van der Waals surface area contributed by atoms with E-state index in [2.05, 4.69) is 106 Å². The van der Waals surface area contributed by atoms with Crippen LogP contribution in [-0.2, 0) is 28.6 Å². The zero-order chi connectivity index (χ0) is 50.0. The summed E-state index contributed by atoms with van der Waals surface area (Å²) in [5.74, 6) is -0.932. The highest BCUT2D eigenvalue weighted by Gasteiger charge is 2.19. The van der Waals surface area contributed by atoms with Crippen LogP contribution >= 0.6 is 0 Å². The van der Waals surface area contributed by atoms with Crippen molar-refractivity contribution in [2.45, 2.75) is 284 Å². The summed E-state index contributed by atoms with van der Waals surface area (Å²) < 4.78 is 16.8. The minimum Gasteiger partial charge on any atom is -0.462 e. The lowest BCUT2D eigenvalue weighted by molar-refractivity contribution is -0.167. The zero-order valence-corrected chi connectivity index (χ0v) is 45.3. The molecule has 0 aliphatic rings. The summed E-state index contributed by atoms with van der Waals surface area (Å²) in [6, 6.07) is 0. The number of ether oxygens (including phenoxy) is 3. The number of carbonyl (C=O) groups excluding carboxylic acids is 3. The Bertz CT molecular complexity index is 1330. The third kappa shape index (κ3) is 55.4. The molecule has 0 aliphatic heterocycles. The predicted molar refractivity (Wildman–Crippen MR) is 297 cm³/mol. The first-order chi connectivity index (χ1) is 34.0. The highest BCUT2D eigenvalue weighted by molar-refractivity contribution is 5.71. The van der Waals surface area contributed by atoms with E-state index in [1.807, 2.05) is 0 Å². The molecule has 6 nitrogen and oxygen atoms in total. The number of hydrogen-bond donors (Lipinski definition) is 0. The first-order valence-corrected chi connectivity index (χ1v) is 29.1. The van der Waals surface area contributed by atoms with Crippen LogP contribution in [0.25, 0.3) is 0 Å². The topological polar surface area (TPSA) is 78.9 Å². The molecule has 0 aromatic heterocycles. The Labute approximate surface area is 426 Å². The summed E-state index contributed by atoms with van der Waals surface area (Å²) in [7, 11) is 0. The highest BCUT2D eigenvalue weighted by Crippen LogP contribution is 2.14. The molecule has 0 rings (SSSR count). The van der Waals surface area contributed by atoms with E-state index in [-0.39, 0.29) is 31.1 Å². The number of carbonyl (C=O) groups is 3. The van der Waals surface area contributed by atoms with Crippen molar-refractivity contribution >= 4 is 17.9 Å². The van der Waals surface area contributed by atoms with Gasteiger partial charge in [0.1, 0.15) is 13.2 Å². The molecule has 0 aromatic rings.